The van der Waals surface area contributed by atoms with Gasteiger partial charge in [0.05, 0.1) is 24.0 Å². The lowest BCUT2D eigenvalue weighted by molar-refractivity contribution is -0.00486. The summed E-state index contributed by atoms with van der Waals surface area (Å²) in [5.74, 6) is -0.866. The van der Waals surface area contributed by atoms with Crippen LogP contribution in [0.15, 0.2) is 78.9 Å². The predicted octanol–water partition coefficient (Wildman–Crippen LogP) is 6.56. The maximum atomic E-state index is 14.9. The third-order valence-corrected chi connectivity index (χ3v) is 6.23. The molecule has 0 spiro atoms. The lowest BCUT2D eigenvalue weighted by Gasteiger charge is -2.35. The quantitative estimate of drug-likeness (QED) is 0.267. The molecule has 0 N–H and O–H groups in total. The van der Waals surface area contributed by atoms with Gasteiger partial charge in [-0.1, -0.05) is 74.0 Å². The number of piperidine rings is 1. The van der Waals surface area contributed by atoms with Gasteiger partial charge in [-0.3, -0.25) is 0 Å². The highest BCUT2D eigenvalue weighted by Gasteiger charge is 2.26. The minimum Gasteiger partial charge on any atom is -0.462 e. The van der Waals surface area contributed by atoms with Crippen molar-refractivity contribution in [2.45, 2.75) is 44.8 Å². The van der Waals surface area contributed by atoms with E-state index in [1.54, 1.807) is 12.1 Å². The van der Waals surface area contributed by atoms with Crippen LogP contribution in [0.1, 0.15) is 60.2 Å². The zero-order chi connectivity index (χ0) is 23.8. The standard InChI is InChI=1S/C29H32FNO3/c1-2-3-20-33-29(32)24-14-15-27(26(30)21-24)31-18-16-25(17-19-31)34-28(22-10-6-4-7-11-22)23-12-8-5-9-13-23/h4-15,21,25,28H,2-3,16-20H2,1H3. The predicted molar refractivity (Wildman–Crippen MR) is 133 cm³/mol. The van der Waals surface area contributed by atoms with Gasteiger partial charge < -0.3 is 14.4 Å². The molecule has 0 aromatic heterocycles. The van der Waals surface area contributed by atoms with Crippen molar-refractivity contribution in [3.8, 4) is 0 Å². The number of nitrogens with zero attached hydrogens (tertiary/aromatic N) is 1. The normalized spacial score (nSPS) is 14.4. The summed E-state index contributed by atoms with van der Waals surface area (Å²) in [5.41, 5.74) is 3.03. The largest absolute Gasteiger partial charge is 0.462 e. The van der Waals surface area contributed by atoms with Crippen LogP contribution in [0.25, 0.3) is 0 Å². The van der Waals surface area contributed by atoms with Crippen molar-refractivity contribution in [2.24, 2.45) is 0 Å². The minimum atomic E-state index is -0.473. The average molecular weight is 462 g/mol. The van der Waals surface area contributed by atoms with Crippen molar-refractivity contribution >= 4 is 11.7 Å². The van der Waals surface area contributed by atoms with Crippen LogP contribution in [0.3, 0.4) is 0 Å². The molecular weight excluding hydrogens is 429 g/mol. The van der Waals surface area contributed by atoms with Gasteiger partial charge in [0, 0.05) is 13.1 Å². The number of rotatable bonds is 9. The number of esters is 1. The van der Waals surface area contributed by atoms with Crippen molar-refractivity contribution in [1.29, 1.82) is 0 Å². The summed E-state index contributed by atoms with van der Waals surface area (Å²) in [5, 5.41) is 0. The first-order valence-corrected chi connectivity index (χ1v) is 12.1. The van der Waals surface area contributed by atoms with Crippen molar-refractivity contribution < 1.29 is 18.7 Å². The number of halogens is 1. The lowest BCUT2D eigenvalue weighted by Crippen LogP contribution is -2.38. The molecule has 4 rings (SSSR count). The molecule has 1 aliphatic heterocycles. The third-order valence-electron chi connectivity index (χ3n) is 6.23. The second kappa shape index (κ2) is 11.8. The summed E-state index contributed by atoms with van der Waals surface area (Å²) in [6.07, 6.45) is 3.30. The molecule has 0 radical (unpaired) electrons. The molecule has 3 aromatic rings. The Kier molecular flexibility index (Phi) is 8.31. The highest BCUT2D eigenvalue weighted by molar-refractivity contribution is 5.89. The van der Waals surface area contributed by atoms with Crippen LogP contribution in [0.5, 0.6) is 0 Å². The Bertz CT molecular complexity index is 1010. The Morgan fingerprint density at radius 1 is 0.971 bits per heavy atom. The van der Waals surface area contributed by atoms with Gasteiger partial charge in [-0.05, 0) is 48.6 Å². The minimum absolute atomic E-state index is 0.0811. The molecule has 0 amide bonds. The topological polar surface area (TPSA) is 38.8 Å². The Morgan fingerprint density at radius 2 is 1.59 bits per heavy atom. The number of carbonyl (C=O) groups excluding carboxylic acids is 1. The van der Waals surface area contributed by atoms with E-state index in [1.807, 2.05) is 48.2 Å². The van der Waals surface area contributed by atoms with E-state index >= 15 is 0 Å². The molecule has 1 fully saturated rings. The van der Waals surface area contributed by atoms with Crippen LogP contribution in [0, 0.1) is 5.82 Å². The van der Waals surface area contributed by atoms with Gasteiger partial charge in [-0.15, -0.1) is 0 Å². The van der Waals surface area contributed by atoms with Crippen LogP contribution in [0.4, 0.5) is 10.1 Å². The lowest BCUT2D eigenvalue weighted by atomic mass is 10.00. The molecule has 3 aromatic carbocycles. The molecule has 5 heteroatoms. The van der Waals surface area contributed by atoms with E-state index < -0.39 is 11.8 Å². The summed E-state index contributed by atoms with van der Waals surface area (Å²) in [7, 11) is 0. The van der Waals surface area contributed by atoms with Gasteiger partial charge in [0.2, 0.25) is 0 Å². The zero-order valence-corrected chi connectivity index (χ0v) is 19.7. The number of hydrogen-bond acceptors (Lipinski definition) is 4. The summed E-state index contributed by atoms with van der Waals surface area (Å²) in [6, 6.07) is 25.1. The molecule has 0 atom stereocenters. The maximum absolute atomic E-state index is 14.9. The van der Waals surface area contributed by atoms with E-state index in [-0.39, 0.29) is 17.8 Å². The molecule has 1 saturated heterocycles. The molecule has 0 saturated carbocycles. The molecule has 178 valence electrons. The smallest absolute Gasteiger partial charge is 0.338 e. The van der Waals surface area contributed by atoms with E-state index in [0.717, 1.165) is 36.8 Å². The molecule has 0 unspecified atom stereocenters. The van der Waals surface area contributed by atoms with E-state index in [0.29, 0.717) is 25.4 Å². The van der Waals surface area contributed by atoms with Gasteiger partial charge in [0.15, 0.2) is 0 Å². The molecular formula is C29H32FNO3. The Morgan fingerprint density at radius 3 is 2.15 bits per heavy atom. The summed E-state index contributed by atoms with van der Waals surface area (Å²) < 4.78 is 26.6. The van der Waals surface area contributed by atoms with Gasteiger partial charge in [-0.2, -0.15) is 0 Å². The van der Waals surface area contributed by atoms with Crippen molar-refractivity contribution in [1.82, 2.24) is 0 Å². The Balaban J connectivity index is 1.38. The highest BCUT2D eigenvalue weighted by Crippen LogP contribution is 2.31. The fraction of sp³-hybridized carbons (Fsp3) is 0.345. The molecule has 34 heavy (non-hydrogen) atoms. The second-order valence-corrected chi connectivity index (χ2v) is 8.68. The zero-order valence-electron chi connectivity index (χ0n) is 19.7. The number of ether oxygens (including phenoxy) is 2. The van der Waals surface area contributed by atoms with Gasteiger partial charge >= 0.3 is 5.97 Å². The number of carbonyl (C=O) groups is 1. The average Bonchev–Trinajstić information content (AvgIpc) is 2.89. The Hall–Kier alpha value is -3.18. The van der Waals surface area contributed by atoms with Crippen molar-refractivity contribution in [3.05, 3.63) is 101 Å². The van der Waals surface area contributed by atoms with Crippen LogP contribution < -0.4 is 4.90 Å². The second-order valence-electron chi connectivity index (χ2n) is 8.68. The van der Waals surface area contributed by atoms with Gasteiger partial charge in [0.25, 0.3) is 0 Å². The molecule has 0 bridgehead atoms. The van der Waals surface area contributed by atoms with E-state index in [1.165, 1.54) is 6.07 Å². The first-order chi connectivity index (χ1) is 16.7. The van der Waals surface area contributed by atoms with E-state index in [9.17, 15) is 9.18 Å². The SMILES string of the molecule is CCCCOC(=O)c1ccc(N2CCC(OC(c3ccccc3)c3ccccc3)CC2)c(F)c1. The monoisotopic (exact) mass is 461 g/mol. The van der Waals surface area contributed by atoms with Crippen molar-refractivity contribution in [3.63, 3.8) is 0 Å². The van der Waals surface area contributed by atoms with Gasteiger partial charge in [-0.25, -0.2) is 9.18 Å². The Labute approximate surface area is 201 Å². The number of unbranched alkanes of at least 4 members (excludes halogenated alkanes) is 1. The van der Waals surface area contributed by atoms with Crippen LogP contribution in [0.2, 0.25) is 0 Å². The van der Waals surface area contributed by atoms with Gasteiger partial charge in [0.1, 0.15) is 11.9 Å². The van der Waals surface area contributed by atoms with Crippen LogP contribution in [-0.4, -0.2) is 31.8 Å². The third kappa shape index (κ3) is 6.03. The number of anilines is 1. The fourth-order valence-electron chi connectivity index (χ4n) is 4.31. The number of benzene rings is 3. The molecule has 1 heterocycles. The first kappa shape index (κ1) is 24.0. The highest BCUT2D eigenvalue weighted by atomic mass is 19.1. The maximum Gasteiger partial charge on any atom is 0.338 e. The molecule has 1 aliphatic rings. The first-order valence-electron chi connectivity index (χ1n) is 12.1. The number of hydrogen-bond donors (Lipinski definition) is 0. The fourth-order valence-corrected chi connectivity index (χ4v) is 4.31. The summed E-state index contributed by atoms with van der Waals surface area (Å²) in [4.78, 5) is 14.1. The van der Waals surface area contributed by atoms with Crippen LogP contribution >= 0.6 is 0 Å². The van der Waals surface area contributed by atoms with Crippen LogP contribution in [-0.2, 0) is 9.47 Å². The molecule has 4 nitrogen and oxygen atoms in total. The van der Waals surface area contributed by atoms with E-state index in [4.69, 9.17) is 9.47 Å². The van der Waals surface area contributed by atoms with E-state index in [2.05, 4.69) is 24.3 Å². The summed E-state index contributed by atoms with van der Waals surface area (Å²) >= 11 is 0. The molecule has 0 aliphatic carbocycles. The van der Waals surface area contributed by atoms with Crippen molar-refractivity contribution in [2.75, 3.05) is 24.6 Å². The summed E-state index contributed by atoms with van der Waals surface area (Å²) in [6.45, 7) is 3.77.